The molecule has 0 spiro atoms. The lowest BCUT2D eigenvalue weighted by Crippen LogP contribution is -2.42. The molecule has 24 heavy (non-hydrogen) atoms. The van der Waals surface area contributed by atoms with Gasteiger partial charge < -0.3 is 15.3 Å². The predicted octanol–water partition coefficient (Wildman–Crippen LogP) is 3.52. The van der Waals surface area contributed by atoms with Crippen molar-refractivity contribution in [2.45, 2.75) is 31.9 Å². The average Bonchev–Trinajstić information content (AvgIpc) is 3.37. The summed E-state index contributed by atoms with van der Waals surface area (Å²) in [5, 5.41) is 12.4. The highest BCUT2D eigenvalue weighted by molar-refractivity contribution is 6.00. The maximum atomic E-state index is 12.7. The summed E-state index contributed by atoms with van der Waals surface area (Å²) in [5.74, 6) is 0.403. The predicted molar refractivity (Wildman–Crippen MR) is 92.0 cm³/mol. The molecule has 2 aromatic carbocycles. The molecule has 126 valence electrons. The van der Waals surface area contributed by atoms with Crippen molar-refractivity contribution >= 4 is 11.6 Å². The van der Waals surface area contributed by atoms with Crippen molar-refractivity contribution in [3.05, 3.63) is 60.2 Å². The number of amides is 1. The Bertz CT molecular complexity index is 720. The molecule has 2 aliphatic rings. The smallest absolute Gasteiger partial charge is 0.268 e. The number of ether oxygens (including phenoxy) is 1. The van der Waals surface area contributed by atoms with Crippen LogP contribution in [-0.4, -0.2) is 16.7 Å². The molecule has 1 saturated carbocycles. The Morgan fingerprint density at radius 3 is 2.50 bits per heavy atom. The van der Waals surface area contributed by atoms with E-state index in [4.69, 9.17) is 4.74 Å². The lowest BCUT2D eigenvalue weighted by atomic mass is 9.96. The lowest BCUT2D eigenvalue weighted by Gasteiger charge is -2.30. The van der Waals surface area contributed by atoms with Crippen LogP contribution < -0.4 is 15.5 Å². The Morgan fingerprint density at radius 2 is 1.79 bits per heavy atom. The van der Waals surface area contributed by atoms with Crippen molar-refractivity contribution in [2.75, 3.05) is 5.32 Å². The minimum atomic E-state index is -0.898. The molecule has 5 nitrogen and oxygen atoms in total. The van der Waals surface area contributed by atoms with Crippen LogP contribution in [0, 0.1) is 5.92 Å². The van der Waals surface area contributed by atoms with Crippen LogP contribution >= 0.6 is 0 Å². The minimum absolute atomic E-state index is 0.0730. The molecule has 1 fully saturated rings. The number of carbonyl (C=O) groups is 1. The fraction of sp³-hybridized carbons (Fsp3) is 0.316. The second-order valence-corrected chi connectivity index (χ2v) is 5.77. The van der Waals surface area contributed by atoms with Gasteiger partial charge in [0.25, 0.3) is 5.91 Å². The van der Waals surface area contributed by atoms with E-state index >= 15 is 0 Å². The van der Waals surface area contributed by atoms with E-state index in [-0.39, 0.29) is 17.9 Å². The average molecular weight is 326 g/mol. The van der Waals surface area contributed by atoms with Crippen LogP contribution in [0.2, 0.25) is 0 Å². The van der Waals surface area contributed by atoms with Gasteiger partial charge in [0.05, 0.1) is 6.04 Å². The van der Waals surface area contributed by atoms with Crippen molar-refractivity contribution in [1.82, 2.24) is 5.48 Å². The highest BCUT2D eigenvalue weighted by atomic mass is 16.5. The Balaban J connectivity index is 0.000000815. The number of benzene rings is 2. The summed E-state index contributed by atoms with van der Waals surface area (Å²) in [6, 6.07) is 16.5. The number of hydroxylamine groups is 1. The molecule has 1 amide bonds. The first kappa shape index (κ1) is 16.5. The van der Waals surface area contributed by atoms with Crippen molar-refractivity contribution in [3.63, 3.8) is 0 Å². The third-order valence-electron chi connectivity index (χ3n) is 4.47. The molecule has 1 heterocycles. The largest absolute Gasteiger partial charge is 0.477 e. The molecule has 1 aliphatic carbocycles. The van der Waals surface area contributed by atoms with E-state index in [0.29, 0.717) is 12.2 Å². The van der Waals surface area contributed by atoms with Crippen LogP contribution in [0.4, 0.5) is 5.69 Å². The van der Waals surface area contributed by atoms with Crippen molar-refractivity contribution in [1.29, 1.82) is 0 Å². The molecule has 3 N–H and O–H groups in total. The van der Waals surface area contributed by atoms with Crippen LogP contribution in [0.5, 0.6) is 5.75 Å². The number of para-hydroxylation sites is 2. The van der Waals surface area contributed by atoms with E-state index in [1.165, 1.54) is 0 Å². The summed E-state index contributed by atoms with van der Waals surface area (Å²) in [5.41, 5.74) is 3.06. The topological polar surface area (TPSA) is 70.6 Å². The first-order valence-corrected chi connectivity index (χ1v) is 8.29. The fourth-order valence-corrected chi connectivity index (χ4v) is 3.24. The second kappa shape index (κ2) is 6.63. The molecule has 3 atom stereocenters. The first-order valence-electron chi connectivity index (χ1n) is 8.29. The molecular weight excluding hydrogens is 304 g/mol. The number of anilines is 1. The summed E-state index contributed by atoms with van der Waals surface area (Å²) < 4.78 is 6.00. The zero-order valence-corrected chi connectivity index (χ0v) is 13.8. The molecule has 0 radical (unpaired) electrons. The molecular formula is C19H22N2O3. The van der Waals surface area contributed by atoms with Crippen molar-refractivity contribution in [3.8, 4) is 5.75 Å². The molecule has 0 saturated heterocycles. The number of carbonyl (C=O) groups excluding carboxylic acids is 1. The standard InChI is InChI=1S/C17H16N2O3.C2H6/c20-16(18-11-6-2-1-3-7-11)17-10-13(17)15(19-21)12-8-4-5-9-14(12)22-17;1-2/h1-9,13,15,19,21H,10H2,(H,18,20);1-2H3/t13?,15?,17-;/m0./s1. The van der Waals surface area contributed by atoms with Gasteiger partial charge in [0.15, 0.2) is 5.60 Å². The SMILES string of the molecule is CC.O=C(Nc1ccccc1)[C@]12CC1C(NO)c1ccccc1O2. The highest BCUT2D eigenvalue weighted by Gasteiger charge is 2.68. The minimum Gasteiger partial charge on any atom is -0.477 e. The second-order valence-electron chi connectivity index (χ2n) is 5.77. The number of hydrogen-bond donors (Lipinski definition) is 3. The zero-order valence-electron chi connectivity index (χ0n) is 13.8. The van der Waals surface area contributed by atoms with Gasteiger partial charge >= 0.3 is 0 Å². The van der Waals surface area contributed by atoms with Gasteiger partial charge in [-0.15, -0.1) is 0 Å². The Morgan fingerprint density at radius 1 is 1.12 bits per heavy atom. The van der Waals surface area contributed by atoms with Gasteiger partial charge in [0.2, 0.25) is 0 Å². The summed E-state index contributed by atoms with van der Waals surface area (Å²) >= 11 is 0. The van der Waals surface area contributed by atoms with Gasteiger partial charge in [-0.25, -0.2) is 0 Å². The van der Waals surface area contributed by atoms with Gasteiger partial charge in [-0.2, -0.15) is 5.48 Å². The Kier molecular flexibility index (Phi) is 4.55. The monoisotopic (exact) mass is 326 g/mol. The van der Waals surface area contributed by atoms with Crippen molar-refractivity contribution < 1.29 is 14.7 Å². The number of nitrogens with one attached hydrogen (secondary N) is 2. The van der Waals surface area contributed by atoms with Crippen LogP contribution in [0.25, 0.3) is 0 Å². The Hall–Kier alpha value is -2.37. The third-order valence-corrected chi connectivity index (χ3v) is 4.47. The third kappa shape index (κ3) is 2.66. The highest BCUT2D eigenvalue weighted by Crippen LogP contribution is 2.59. The van der Waals surface area contributed by atoms with Crippen LogP contribution in [-0.2, 0) is 4.79 Å². The normalized spacial score (nSPS) is 26.0. The van der Waals surface area contributed by atoms with Crippen LogP contribution in [0.3, 0.4) is 0 Å². The van der Waals surface area contributed by atoms with E-state index in [1.807, 2.05) is 68.4 Å². The van der Waals surface area contributed by atoms with E-state index in [1.54, 1.807) is 0 Å². The Labute approximate surface area is 141 Å². The van der Waals surface area contributed by atoms with E-state index < -0.39 is 5.60 Å². The van der Waals surface area contributed by atoms with Gasteiger partial charge in [-0.3, -0.25) is 4.79 Å². The summed E-state index contributed by atoms with van der Waals surface area (Å²) in [6.07, 6.45) is 0.582. The maximum absolute atomic E-state index is 12.7. The first-order chi connectivity index (χ1) is 11.7. The van der Waals surface area contributed by atoms with Crippen LogP contribution in [0.1, 0.15) is 31.9 Å². The van der Waals surface area contributed by atoms with Gasteiger partial charge in [0.1, 0.15) is 5.75 Å². The van der Waals surface area contributed by atoms with Crippen LogP contribution in [0.15, 0.2) is 54.6 Å². The summed E-state index contributed by atoms with van der Waals surface area (Å²) in [4.78, 5) is 12.7. The van der Waals surface area contributed by atoms with E-state index in [0.717, 1.165) is 11.3 Å². The number of hydrogen-bond acceptors (Lipinski definition) is 4. The van der Waals surface area contributed by atoms with Crippen molar-refractivity contribution in [2.24, 2.45) is 5.92 Å². The summed E-state index contributed by atoms with van der Waals surface area (Å²) in [7, 11) is 0. The molecule has 0 bridgehead atoms. The number of fused-ring (bicyclic) bond motifs is 2. The van der Waals surface area contributed by atoms with Gasteiger partial charge in [0, 0.05) is 23.6 Å². The molecule has 2 unspecified atom stereocenters. The molecule has 2 aromatic rings. The number of rotatable bonds is 3. The molecule has 1 aliphatic heterocycles. The van der Waals surface area contributed by atoms with E-state index in [9.17, 15) is 10.0 Å². The van der Waals surface area contributed by atoms with Gasteiger partial charge in [-0.1, -0.05) is 50.2 Å². The maximum Gasteiger partial charge on any atom is 0.268 e. The van der Waals surface area contributed by atoms with E-state index in [2.05, 4.69) is 10.8 Å². The van der Waals surface area contributed by atoms with Gasteiger partial charge in [-0.05, 0) is 18.2 Å². The lowest BCUT2D eigenvalue weighted by molar-refractivity contribution is -0.126. The zero-order chi connectivity index (χ0) is 17.2. The summed E-state index contributed by atoms with van der Waals surface area (Å²) in [6.45, 7) is 4.00. The quantitative estimate of drug-likeness (QED) is 0.755. The molecule has 0 aromatic heterocycles. The fourth-order valence-electron chi connectivity index (χ4n) is 3.24. The molecule has 5 heteroatoms. The molecule has 4 rings (SSSR count).